The molecular weight excluding hydrogens is 196 g/mol. The number of aromatic nitrogens is 1. The van der Waals surface area contributed by atoms with Gasteiger partial charge in [0.15, 0.2) is 0 Å². The van der Waals surface area contributed by atoms with E-state index < -0.39 is 0 Å². The SMILES string of the molecule is Cc1cnc(C2CCC(CCN)O2)s1. The Morgan fingerprint density at radius 1 is 1.64 bits per heavy atom. The van der Waals surface area contributed by atoms with Crippen molar-refractivity contribution in [3.63, 3.8) is 0 Å². The van der Waals surface area contributed by atoms with E-state index in [2.05, 4.69) is 11.9 Å². The lowest BCUT2D eigenvalue weighted by atomic mass is 10.1. The molecular formula is C10H16N2OS. The first-order valence-electron chi connectivity index (χ1n) is 5.07. The van der Waals surface area contributed by atoms with Crippen molar-refractivity contribution in [3.05, 3.63) is 16.1 Å². The molecule has 0 spiro atoms. The lowest BCUT2D eigenvalue weighted by molar-refractivity contribution is 0.0413. The second-order valence-electron chi connectivity index (χ2n) is 3.71. The van der Waals surface area contributed by atoms with Gasteiger partial charge in [0.05, 0.1) is 6.10 Å². The Morgan fingerprint density at radius 3 is 3.14 bits per heavy atom. The van der Waals surface area contributed by atoms with Crippen LogP contribution >= 0.6 is 11.3 Å². The average Bonchev–Trinajstić information content (AvgIpc) is 2.74. The molecule has 2 rings (SSSR count). The van der Waals surface area contributed by atoms with Crippen LogP contribution in [0.2, 0.25) is 0 Å². The molecule has 2 N–H and O–H groups in total. The smallest absolute Gasteiger partial charge is 0.122 e. The number of ether oxygens (including phenoxy) is 1. The predicted molar refractivity (Wildman–Crippen MR) is 57.4 cm³/mol. The third-order valence-electron chi connectivity index (χ3n) is 2.51. The van der Waals surface area contributed by atoms with Gasteiger partial charge in [-0.1, -0.05) is 0 Å². The zero-order chi connectivity index (χ0) is 9.97. The fraction of sp³-hybridized carbons (Fsp3) is 0.700. The van der Waals surface area contributed by atoms with E-state index in [4.69, 9.17) is 10.5 Å². The van der Waals surface area contributed by atoms with Crippen molar-refractivity contribution in [1.29, 1.82) is 0 Å². The quantitative estimate of drug-likeness (QED) is 0.834. The fourth-order valence-electron chi connectivity index (χ4n) is 1.81. The molecule has 3 nitrogen and oxygen atoms in total. The van der Waals surface area contributed by atoms with Crippen molar-refractivity contribution in [3.8, 4) is 0 Å². The standard InChI is InChI=1S/C10H16N2OS/c1-7-6-12-10(14-7)9-3-2-8(13-9)4-5-11/h6,8-9H,2-5,11H2,1H3. The molecule has 0 radical (unpaired) electrons. The zero-order valence-electron chi connectivity index (χ0n) is 8.40. The summed E-state index contributed by atoms with van der Waals surface area (Å²) in [5, 5.41) is 1.13. The number of nitrogens with two attached hydrogens (primary N) is 1. The highest BCUT2D eigenvalue weighted by molar-refractivity contribution is 7.11. The van der Waals surface area contributed by atoms with E-state index in [9.17, 15) is 0 Å². The largest absolute Gasteiger partial charge is 0.368 e. The molecule has 0 aliphatic carbocycles. The maximum Gasteiger partial charge on any atom is 0.122 e. The summed E-state index contributed by atoms with van der Waals surface area (Å²) < 4.78 is 5.87. The molecule has 1 aliphatic rings. The molecule has 0 bridgehead atoms. The first kappa shape index (κ1) is 10.1. The maximum atomic E-state index is 5.87. The number of hydrogen-bond donors (Lipinski definition) is 1. The number of aryl methyl sites for hydroxylation is 1. The summed E-state index contributed by atoms with van der Waals surface area (Å²) in [5.74, 6) is 0. The van der Waals surface area contributed by atoms with Crippen LogP contribution in [0.25, 0.3) is 0 Å². The van der Waals surface area contributed by atoms with Crippen molar-refractivity contribution in [2.75, 3.05) is 6.54 Å². The molecule has 2 heterocycles. The van der Waals surface area contributed by atoms with Gasteiger partial charge in [0.1, 0.15) is 11.1 Å². The Hall–Kier alpha value is -0.450. The van der Waals surface area contributed by atoms with Crippen LogP contribution in [0.1, 0.15) is 35.3 Å². The molecule has 1 saturated heterocycles. The van der Waals surface area contributed by atoms with Crippen molar-refractivity contribution in [1.82, 2.24) is 4.98 Å². The molecule has 0 saturated carbocycles. The van der Waals surface area contributed by atoms with Gasteiger partial charge in [-0.2, -0.15) is 0 Å². The molecule has 14 heavy (non-hydrogen) atoms. The van der Waals surface area contributed by atoms with Crippen molar-refractivity contribution < 1.29 is 4.74 Å². The Bertz CT molecular complexity index is 300. The summed E-state index contributed by atoms with van der Waals surface area (Å²) in [7, 11) is 0. The Balaban J connectivity index is 1.95. The Morgan fingerprint density at radius 2 is 2.50 bits per heavy atom. The third-order valence-corrected chi connectivity index (χ3v) is 3.52. The fourth-order valence-corrected chi connectivity index (χ4v) is 2.65. The van der Waals surface area contributed by atoms with Crippen LogP contribution in [-0.4, -0.2) is 17.6 Å². The molecule has 4 heteroatoms. The summed E-state index contributed by atoms with van der Waals surface area (Å²) in [4.78, 5) is 5.61. The van der Waals surface area contributed by atoms with Gasteiger partial charge in [-0.3, -0.25) is 0 Å². The van der Waals surface area contributed by atoms with Gasteiger partial charge in [0.2, 0.25) is 0 Å². The number of nitrogens with zero attached hydrogens (tertiary/aromatic N) is 1. The highest BCUT2D eigenvalue weighted by Gasteiger charge is 2.27. The zero-order valence-corrected chi connectivity index (χ0v) is 9.22. The van der Waals surface area contributed by atoms with Gasteiger partial charge in [-0.15, -0.1) is 11.3 Å². The van der Waals surface area contributed by atoms with E-state index in [1.807, 2.05) is 6.20 Å². The third kappa shape index (κ3) is 2.13. The first-order chi connectivity index (χ1) is 6.79. The van der Waals surface area contributed by atoms with E-state index in [-0.39, 0.29) is 6.10 Å². The molecule has 0 aromatic carbocycles. The summed E-state index contributed by atoms with van der Waals surface area (Å²) in [5.41, 5.74) is 5.50. The molecule has 78 valence electrons. The number of rotatable bonds is 3. The van der Waals surface area contributed by atoms with Gasteiger partial charge >= 0.3 is 0 Å². The molecule has 1 fully saturated rings. The average molecular weight is 212 g/mol. The Labute approximate surface area is 88.3 Å². The van der Waals surface area contributed by atoms with Crippen LogP contribution in [0.3, 0.4) is 0 Å². The highest BCUT2D eigenvalue weighted by Crippen LogP contribution is 2.35. The minimum absolute atomic E-state index is 0.227. The Kier molecular flexibility index (Phi) is 3.15. The summed E-state index contributed by atoms with van der Waals surface area (Å²) in [6.07, 6.45) is 5.69. The molecule has 0 amide bonds. The van der Waals surface area contributed by atoms with Crippen molar-refractivity contribution in [2.45, 2.75) is 38.4 Å². The van der Waals surface area contributed by atoms with E-state index >= 15 is 0 Å². The lowest BCUT2D eigenvalue weighted by Gasteiger charge is -2.10. The summed E-state index contributed by atoms with van der Waals surface area (Å²) in [6.45, 7) is 2.79. The first-order valence-corrected chi connectivity index (χ1v) is 5.89. The van der Waals surface area contributed by atoms with Crippen molar-refractivity contribution >= 4 is 11.3 Å². The normalized spacial score (nSPS) is 27.0. The van der Waals surface area contributed by atoms with Gasteiger partial charge < -0.3 is 10.5 Å². The van der Waals surface area contributed by atoms with E-state index in [0.29, 0.717) is 12.6 Å². The topological polar surface area (TPSA) is 48.1 Å². The van der Waals surface area contributed by atoms with Gasteiger partial charge in [-0.05, 0) is 32.7 Å². The van der Waals surface area contributed by atoms with Crippen LogP contribution < -0.4 is 5.73 Å². The molecule has 2 atom stereocenters. The second-order valence-corrected chi connectivity index (χ2v) is 4.98. The molecule has 1 aromatic rings. The van der Waals surface area contributed by atoms with E-state index in [0.717, 1.165) is 24.3 Å². The van der Waals surface area contributed by atoms with Gasteiger partial charge in [0.25, 0.3) is 0 Å². The number of hydrogen-bond acceptors (Lipinski definition) is 4. The summed E-state index contributed by atoms with van der Waals surface area (Å²) in [6, 6.07) is 0. The lowest BCUT2D eigenvalue weighted by Crippen LogP contribution is -2.12. The van der Waals surface area contributed by atoms with Gasteiger partial charge in [0, 0.05) is 11.1 Å². The van der Waals surface area contributed by atoms with E-state index in [1.54, 1.807) is 11.3 Å². The second kappa shape index (κ2) is 4.38. The maximum absolute atomic E-state index is 5.87. The predicted octanol–water partition coefficient (Wildman–Crippen LogP) is 2.02. The monoisotopic (exact) mass is 212 g/mol. The molecule has 1 aromatic heterocycles. The van der Waals surface area contributed by atoms with Crippen LogP contribution in [0.5, 0.6) is 0 Å². The van der Waals surface area contributed by atoms with Crippen LogP contribution in [-0.2, 0) is 4.74 Å². The highest BCUT2D eigenvalue weighted by atomic mass is 32.1. The van der Waals surface area contributed by atoms with Crippen LogP contribution in [0.4, 0.5) is 0 Å². The van der Waals surface area contributed by atoms with Crippen molar-refractivity contribution in [2.24, 2.45) is 5.73 Å². The summed E-state index contributed by atoms with van der Waals surface area (Å²) >= 11 is 1.74. The van der Waals surface area contributed by atoms with E-state index in [1.165, 1.54) is 4.88 Å². The minimum atomic E-state index is 0.227. The van der Waals surface area contributed by atoms with Gasteiger partial charge in [-0.25, -0.2) is 4.98 Å². The van der Waals surface area contributed by atoms with Crippen LogP contribution in [0, 0.1) is 6.92 Å². The minimum Gasteiger partial charge on any atom is -0.368 e. The molecule has 2 unspecified atom stereocenters. The number of thiazole rings is 1. The molecule has 1 aliphatic heterocycles. The van der Waals surface area contributed by atoms with Crippen LogP contribution in [0.15, 0.2) is 6.20 Å².